The van der Waals surface area contributed by atoms with E-state index < -0.39 is 0 Å². The van der Waals surface area contributed by atoms with Gasteiger partial charge in [-0.1, -0.05) is 59.9 Å². The number of hydrogen-bond donors (Lipinski definition) is 0. The lowest BCUT2D eigenvalue weighted by Gasteiger charge is -2.04. The summed E-state index contributed by atoms with van der Waals surface area (Å²) in [6.45, 7) is 4.19. The zero-order chi connectivity index (χ0) is 18.3. The van der Waals surface area contributed by atoms with Crippen molar-refractivity contribution in [1.29, 1.82) is 0 Å². The molecule has 0 N–H and O–H groups in total. The molecule has 0 atom stereocenters. The smallest absolute Gasteiger partial charge is 0.252 e. The molecule has 130 valence electrons. The minimum Gasteiger partial charge on any atom is -0.319 e. The Balaban J connectivity index is 1.74. The van der Waals surface area contributed by atoms with Crippen LogP contribution in [0.2, 0.25) is 0 Å². The van der Waals surface area contributed by atoms with Gasteiger partial charge in [0, 0.05) is 7.05 Å². The molecule has 0 radical (unpaired) electrons. The molecular formula is C22H20N2OS. The van der Waals surface area contributed by atoms with Crippen LogP contribution in [0.3, 0.4) is 0 Å². The zero-order valence-electron chi connectivity index (χ0n) is 15.1. The van der Waals surface area contributed by atoms with Crippen molar-refractivity contribution in [1.82, 2.24) is 4.57 Å². The monoisotopic (exact) mass is 360 g/mol. The van der Waals surface area contributed by atoms with Crippen LogP contribution in [0.25, 0.3) is 21.0 Å². The number of thiazole rings is 1. The molecule has 0 saturated heterocycles. The largest absolute Gasteiger partial charge is 0.319 e. The van der Waals surface area contributed by atoms with Gasteiger partial charge >= 0.3 is 0 Å². The number of rotatable bonds is 2. The van der Waals surface area contributed by atoms with Gasteiger partial charge in [0.25, 0.3) is 5.91 Å². The normalized spacial score (nSPS) is 12.2. The van der Waals surface area contributed by atoms with E-state index in [9.17, 15) is 4.79 Å². The van der Waals surface area contributed by atoms with Gasteiger partial charge in [0.2, 0.25) is 0 Å². The van der Waals surface area contributed by atoms with E-state index in [-0.39, 0.29) is 5.91 Å². The maximum absolute atomic E-state index is 12.6. The number of aromatic nitrogens is 1. The van der Waals surface area contributed by atoms with Crippen molar-refractivity contribution < 1.29 is 4.79 Å². The van der Waals surface area contributed by atoms with Crippen LogP contribution < -0.4 is 4.80 Å². The first kappa shape index (κ1) is 16.7. The van der Waals surface area contributed by atoms with Crippen LogP contribution in [0.5, 0.6) is 0 Å². The van der Waals surface area contributed by atoms with Crippen molar-refractivity contribution in [2.24, 2.45) is 12.0 Å². The van der Waals surface area contributed by atoms with E-state index in [4.69, 9.17) is 0 Å². The molecule has 0 aliphatic carbocycles. The first-order valence-electron chi connectivity index (χ1n) is 8.64. The molecule has 0 aliphatic rings. The number of amides is 1. The van der Waals surface area contributed by atoms with Gasteiger partial charge in [-0.15, -0.1) is 0 Å². The SMILES string of the molecule is Cc1cc(C)c2sc(=NC(=O)Cc3cccc4ccccc34)n(C)c2c1. The molecule has 1 aromatic heterocycles. The Bertz CT molecular complexity index is 1210. The predicted octanol–water partition coefficient (Wildman–Crippen LogP) is 4.68. The lowest BCUT2D eigenvalue weighted by molar-refractivity contribution is -0.117. The molecule has 4 rings (SSSR count). The zero-order valence-corrected chi connectivity index (χ0v) is 15.9. The highest BCUT2D eigenvalue weighted by atomic mass is 32.1. The quantitative estimate of drug-likeness (QED) is 0.511. The molecule has 4 aromatic rings. The van der Waals surface area contributed by atoms with Gasteiger partial charge in [0.15, 0.2) is 4.80 Å². The minimum atomic E-state index is -0.113. The molecular weight excluding hydrogens is 340 g/mol. The summed E-state index contributed by atoms with van der Waals surface area (Å²) >= 11 is 1.58. The lowest BCUT2D eigenvalue weighted by Crippen LogP contribution is -2.14. The highest BCUT2D eigenvalue weighted by molar-refractivity contribution is 7.16. The fraction of sp³-hybridized carbons (Fsp3) is 0.182. The molecule has 0 bridgehead atoms. The second-order valence-electron chi connectivity index (χ2n) is 6.69. The van der Waals surface area contributed by atoms with E-state index in [1.165, 1.54) is 15.8 Å². The number of benzene rings is 3. The Morgan fingerprint density at radius 1 is 1.08 bits per heavy atom. The topological polar surface area (TPSA) is 34.4 Å². The maximum atomic E-state index is 12.6. The predicted molar refractivity (Wildman–Crippen MR) is 108 cm³/mol. The third kappa shape index (κ3) is 2.97. The van der Waals surface area contributed by atoms with Crippen molar-refractivity contribution in [2.45, 2.75) is 20.3 Å². The maximum Gasteiger partial charge on any atom is 0.252 e. The molecule has 1 heterocycles. The van der Waals surface area contributed by atoms with E-state index in [1.54, 1.807) is 11.3 Å². The second kappa shape index (κ2) is 6.54. The number of fused-ring (bicyclic) bond motifs is 2. The van der Waals surface area contributed by atoms with Gasteiger partial charge < -0.3 is 4.57 Å². The van der Waals surface area contributed by atoms with E-state index in [1.807, 2.05) is 35.9 Å². The van der Waals surface area contributed by atoms with Gasteiger partial charge in [-0.25, -0.2) is 0 Å². The van der Waals surface area contributed by atoms with Crippen molar-refractivity contribution in [2.75, 3.05) is 0 Å². The van der Waals surface area contributed by atoms with Crippen LogP contribution in [0, 0.1) is 13.8 Å². The minimum absolute atomic E-state index is 0.113. The summed E-state index contributed by atoms with van der Waals surface area (Å²) in [4.78, 5) is 17.8. The van der Waals surface area contributed by atoms with Crippen molar-refractivity contribution in [3.63, 3.8) is 0 Å². The molecule has 0 fully saturated rings. The summed E-state index contributed by atoms with van der Waals surface area (Å²) in [7, 11) is 1.97. The van der Waals surface area contributed by atoms with E-state index in [0.717, 1.165) is 26.7 Å². The van der Waals surface area contributed by atoms with Gasteiger partial charge in [-0.3, -0.25) is 4.79 Å². The molecule has 0 saturated carbocycles. The average molecular weight is 360 g/mol. The van der Waals surface area contributed by atoms with Crippen LogP contribution in [0.1, 0.15) is 16.7 Å². The van der Waals surface area contributed by atoms with Gasteiger partial charge in [-0.05, 0) is 47.4 Å². The number of nitrogens with zero attached hydrogens (tertiary/aromatic N) is 2. The Labute approximate surface area is 156 Å². The lowest BCUT2D eigenvalue weighted by atomic mass is 10.0. The number of carbonyl (C=O) groups excluding carboxylic acids is 1. The number of aryl methyl sites for hydroxylation is 3. The van der Waals surface area contributed by atoms with Crippen molar-refractivity contribution in [3.05, 3.63) is 76.1 Å². The number of hydrogen-bond acceptors (Lipinski definition) is 2. The second-order valence-corrected chi connectivity index (χ2v) is 7.67. The summed E-state index contributed by atoms with van der Waals surface area (Å²) in [5.74, 6) is -0.113. The van der Waals surface area contributed by atoms with E-state index in [0.29, 0.717) is 6.42 Å². The standard InChI is InChI=1S/C22H20N2OS/c1-14-11-15(2)21-19(12-14)24(3)22(26-21)23-20(25)13-17-9-6-8-16-7-4-5-10-18(16)17/h4-12H,13H2,1-3H3. The average Bonchev–Trinajstić information content (AvgIpc) is 2.92. The highest BCUT2D eigenvalue weighted by Gasteiger charge is 2.10. The Kier molecular flexibility index (Phi) is 4.21. The van der Waals surface area contributed by atoms with Crippen LogP contribution in [0.4, 0.5) is 0 Å². The summed E-state index contributed by atoms with van der Waals surface area (Å²) < 4.78 is 3.20. The third-order valence-corrected chi connectivity index (χ3v) is 5.97. The molecule has 0 aliphatic heterocycles. The van der Waals surface area contributed by atoms with Gasteiger partial charge in [0.05, 0.1) is 16.6 Å². The third-order valence-electron chi connectivity index (χ3n) is 4.68. The number of carbonyl (C=O) groups is 1. The summed E-state index contributed by atoms with van der Waals surface area (Å²) in [5, 5.41) is 2.27. The van der Waals surface area contributed by atoms with Crippen LogP contribution in [-0.2, 0) is 18.3 Å². The van der Waals surface area contributed by atoms with Gasteiger partial charge in [-0.2, -0.15) is 4.99 Å². The molecule has 4 heteroatoms. The van der Waals surface area contributed by atoms with Crippen LogP contribution in [-0.4, -0.2) is 10.5 Å². The Hall–Kier alpha value is -2.72. The van der Waals surface area contributed by atoms with E-state index in [2.05, 4.69) is 49.2 Å². The molecule has 26 heavy (non-hydrogen) atoms. The first-order chi connectivity index (χ1) is 12.5. The van der Waals surface area contributed by atoms with Crippen molar-refractivity contribution in [3.8, 4) is 0 Å². The summed E-state index contributed by atoms with van der Waals surface area (Å²) in [5.41, 5.74) is 4.59. The first-order valence-corrected chi connectivity index (χ1v) is 9.45. The molecule has 3 nitrogen and oxygen atoms in total. The molecule has 0 unspecified atom stereocenters. The highest BCUT2D eigenvalue weighted by Crippen LogP contribution is 2.23. The Morgan fingerprint density at radius 3 is 2.69 bits per heavy atom. The fourth-order valence-electron chi connectivity index (χ4n) is 3.43. The van der Waals surface area contributed by atoms with Crippen LogP contribution >= 0.6 is 11.3 Å². The van der Waals surface area contributed by atoms with Gasteiger partial charge in [0.1, 0.15) is 0 Å². The van der Waals surface area contributed by atoms with Crippen LogP contribution in [0.15, 0.2) is 59.6 Å². The van der Waals surface area contributed by atoms with Crippen molar-refractivity contribution >= 4 is 38.2 Å². The summed E-state index contributed by atoms with van der Waals surface area (Å²) in [6, 6.07) is 18.5. The Morgan fingerprint density at radius 2 is 1.85 bits per heavy atom. The molecule has 1 amide bonds. The van der Waals surface area contributed by atoms with E-state index >= 15 is 0 Å². The molecule has 0 spiro atoms. The summed E-state index contributed by atoms with van der Waals surface area (Å²) in [6.07, 6.45) is 0.313. The molecule has 3 aromatic carbocycles. The fourth-order valence-corrected chi connectivity index (χ4v) is 4.52.